The summed E-state index contributed by atoms with van der Waals surface area (Å²) in [6.45, 7) is 2.01. The molecule has 4 rings (SSSR count). The van der Waals surface area contributed by atoms with Gasteiger partial charge in [0.15, 0.2) is 4.34 Å². The van der Waals surface area contributed by atoms with Crippen molar-refractivity contribution in [2.45, 2.75) is 28.5 Å². The minimum atomic E-state index is -0.796. The number of thiazole rings is 1. The van der Waals surface area contributed by atoms with Crippen molar-refractivity contribution in [3.63, 3.8) is 0 Å². The zero-order valence-corrected chi connectivity index (χ0v) is 18.1. The SMILES string of the molecule is CN1CCC(O)(CNC(=O)c2ccc(CSc3nc4ccccc4s3)cc2)CC1. The molecule has 1 saturated heterocycles. The zero-order chi connectivity index (χ0) is 20.3. The summed E-state index contributed by atoms with van der Waals surface area (Å²) in [5.41, 5.74) is 2.02. The lowest BCUT2D eigenvalue weighted by Crippen LogP contribution is -2.50. The Morgan fingerprint density at radius 3 is 2.66 bits per heavy atom. The number of likely N-dealkylation sites (tertiary alicyclic amines) is 1. The fourth-order valence-electron chi connectivity index (χ4n) is 3.37. The Morgan fingerprint density at radius 1 is 1.21 bits per heavy atom. The molecule has 0 unspecified atom stereocenters. The molecule has 1 aliphatic heterocycles. The van der Waals surface area contributed by atoms with Gasteiger partial charge < -0.3 is 15.3 Å². The van der Waals surface area contributed by atoms with Gasteiger partial charge in [-0.05, 0) is 49.7 Å². The number of thioether (sulfide) groups is 1. The number of piperidine rings is 1. The highest BCUT2D eigenvalue weighted by Crippen LogP contribution is 2.31. The third-order valence-electron chi connectivity index (χ3n) is 5.35. The van der Waals surface area contributed by atoms with Crippen LogP contribution in [0.2, 0.25) is 0 Å². The Bertz CT molecular complexity index is 946. The number of rotatable bonds is 6. The Morgan fingerprint density at radius 2 is 1.93 bits per heavy atom. The van der Waals surface area contributed by atoms with E-state index >= 15 is 0 Å². The molecule has 5 nitrogen and oxygen atoms in total. The monoisotopic (exact) mass is 427 g/mol. The first kappa shape index (κ1) is 20.3. The van der Waals surface area contributed by atoms with Crippen LogP contribution in [-0.4, -0.2) is 53.2 Å². The van der Waals surface area contributed by atoms with E-state index < -0.39 is 5.60 Å². The van der Waals surface area contributed by atoms with Crippen molar-refractivity contribution in [3.8, 4) is 0 Å². The molecule has 3 aromatic rings. The smallest absolute Gasteiger partial charge is 0.251 e. The lowest BCUT2D eigenvalue weighted by atomic mass is 9.91. The van der Waals surface area contributed by atoms with Crippen molar-refractivity contribution in [1.29, 1.82) is 0 Å². The predicted octanol–water partition coefficient (Wildman–Crippen LogP) is 3.78. The highest BCUT2D eigenvalue weighted by Gasteiger charge is 2.31. The van der Waals surface area contributed by atoms with Gasteiger partial charge in [-0.15, -0.1) is 11.3 Å². The summed E-state index contributed by atoms with van der Waals surface area (Å²) < 4.78 is 2.26. The molecule has 2 heterocycles. The molecule has 1 aliphatic rings. The van der Waals surface area contributed by atoms with Crippen LogP contribution in [0.15, 0.2) is 52.9 Å². The van der Waals surface area contributed by atoms with Crippen molar-refractivity contribution in [2.24, 2.45) is 0 Å². The van der Waals surface area contributed by atoms with E-state index in [9.17, 15) is 9.90 Å². The van der Waals surface area contributed by atoms with Crippen LogP contribution in [0.1, 0.15) is 28.8 Å². The number of nitrogens with zero attached hydrogens (tertiary/aromatic N) is 2. The summed E-state index contributed by atoms with van der Waals surface area (Å²) in [6, 6.07) is 15.8. The molecule has 1 amide bonds. The lowest BCUT2D eigenvalue weighted by molar-refractivity contribution is -0.0135. The average molecular weight is 428 g/mol. The summed E-state index contributed by atoms with van der Waals surface area (Å²) in [5, 5.41) is 13.5. The molecule has 1 aromatic heterocycles. The van der Waals surface area contributed by atoms with E-state index in [0.29, 0.717) is 24.9 Å². The molecule has 2 N–H and O–H groups in total. The summed E-state index contributed by atoms with van der Waals surface area (Å²) >= 11 is 3.42. The number of benzene rings is 2. The summed E-state index contributed by atoms with van der Waals surface area (Å²) in [6.07, 6.45) is 1.37. The number of aliphatic hydroxyl groups is 1. The first-order valence-corrected chi connectivity index (χ1v) is 11.6. The van der Waals surface area contributed by atoms with Crippen molar-refractivity contribution in [1.82, 2.24) is 15.2 Å². The van der Waals surface area contributed by atoms with E-state index in [-0.39, 0.29) is 5.91 Å². The summed E-state index contributed by atoms with van der Waals surface area (Å²) in [4.78, 5) is 19.3. The van der Waals surface area contributed by atoms with E-state index in [0.717, 1.165) is 34.3 Å². The Kier molecular flexibility index (Phi) is 6.20. The second kappa shape index (κ2) is 8.83. The van der Waals surface area contributed by atoms with E-state index in [4.69, 9.17) is 0 Å². The van der Waals surface area contributed by atoms with Crippen LogP contribution in [-0.2, 0) is 5.75 Å². The highest BCUT2D eigenvalue weighted by molar-refractivity contribution is 8.00. The van der Waals surface area contributed by atoms with E-state index in [1.54, 1.807) is 23.1 Å². The quantitative estimate of drug-likeness (QED) is 0.586. The number of carbonyl (C=O) groups is 1. The van der Waals surface area contributed by atoms with Gasteiger partial charge in [0.1, 0.15) is 0 Å². The molecule has 7 heteroatoms. The first-order chi connectivity index (χ1) is 14.0. The van der Waals surface area contributed by atoms with Gasteiger partial charge in [0, 0.05) is 31.0 Å². The topological polar surface area (TPSA) is 65.5 Å². The maximum atomic E-state index is 12.4. The predicted molar refractivity (Wildman–Crippen MR) is 120 cm³/mol. The molecule has 0 aliphatic carbocycles. The van der Waals surface area contributed by atoms with Gasteiger partial charge in [-0.3, -0.25) is 4.79 Å². The van der Waals surface area contributed by atoms with Crippen LogP contribution in [0.3, 0.4) is 0 Å². The molecular weight excluding hydrogens is 402 g/mol. The van der Waals surface area contributed by atoms with Gasteiger partial charge >= 0.3 is 0 Å². The van der Waals surface area contributed by atoms with E-state index in [1.807, 2.05) is 42.5 Å². The molecule has 0 bridgehead atoms. The van der Waals surface area contributed by atoms with Gasteiger partial charge in [0.2, 0.25) is 0 Å². The Labute approximate surface area is 179 Å². The van der Waals surface area contributed by atoms with Crippen LogP contribution >= 0.6 is 23.1 Å². The molecule has 1 fully saturated rings. The normalized spacial score (nSPS) is 16.8. The standard InChI is InChI=1S/C22H25N3O2S2/c1-25-12-10-22(27,11-13-25)15-23-20(26)17-8-6-16(7-9-17)14-28-21-24-18-4-2-3-5-19(18)29-21/h2-9,27H,10-15H2,1H3,(H,23,26). The zero-order valence-electron chi connectivity index (χ0n) is 16.4. The molecular formula is C22H25N3O2S2. The summed E-state index contributed by atoms with van der Waals surface area (Å²) in [5.74, 6) is 0.678. The highest BCUT2D eigenvalue weighted by atomic mass is 32.2. The minimum Gasteiger partial charge on any atom is -0.388 e. The third kappa shape index (κ3) is 5.17. The molecule has 0 atom stereocenters. The van der Waals surface area contributed by atoms with Crippen LogP contribution in [0.5, 0.6) is 0 Å². The number of hydrogen-bond donors (Lipinski definition) is 2. The fourth-order valence-corrected chi connectivity index (χ4v) is 5.39. The number of nitrogens with one attached hydrogen (secondary N) is 1. The number of fused-ring (bicyclic) bond motifs is 1. The third-order valence-corrected chi connectivity index (χ3v) is 7.60. The summed E-state index contributed by atoms with van der Waals surface area (Å²) in [7, 11) is 2.05. The largest absolute Gasteiger partial charge is 0.388 e. The van der Waals surface area contributed by atoms with Gasteiger partial charge in [0.25, 0.3) is 5.91 Å². The van der Waals surface area contributed by atoms with Crippen molar-refractivity contribution < 1.29 is 9.90 Å². The maximum Gasteiger partial charge on any atom is 0.251 e. The molecule has 0 radical (unpaired) electrons. The molecule has 152 valence electrons. The Hall–Kier alpha value is -1.93. The average Bonchev–Trinajstić information content (AvgIpc) is 3.16. The van der Waals surface area contributed by atoms with Crippen molar-refractivity contribution in [2.75, 3.05) is 26.7 Å². The minimum absolute atomic E-state index is 0.136. The number of aromatic nitrogens is 1. The van der Waals surface area contributed by atoms with E-state index in [2.05, 4.69) is 28.3 Å². The fraction of sp³-hybridized carbons (Fsp3) is 0.364. The van der Waals surface area contributed by atoms with Crippen LogP contribution in [0.4, 0.5) is 0 Å². The van der Waals surface area contributed by atoms with Crippen LogP contribution in [0, 0.1) is 0 Å². The number of para-hydroxylation sites is 1. The second-order valence-electron chi connectivity index (χ2n) is 7.64. The first-order valence-electron chi connectivity index (χ1n) is 9.77. The maximum absolute atomic E-state index is 12.4. The van der Waals surface area contributed by atoms with Crippen molar-refractivity contribution >= 4 is 39.2 Å². The van der Waals surface area contributed by atoms with Gasteiger partial charge in [-0.1, -0.05) is 36.0 Å². The Balaban J connectivity index is 1.29. The molecule has 29 heavy (non-hydrogen) atoms. The van der Waals surface area contributed by atoms with Gasteiger partial charge in [0.05, 0.1) is 15.8 Å². The van der Waals surface area contributed by atoms with Gasteiger partial charge in [-0.2, -0.15) is 0 Å². The number of hydrogen-bond acceptors (Lipinski definition) is 6. The van der Waals surface area contributed by atoms with E-state index in [1.165, 1.54) is 4.70 Å². The second-order valence-corrected chi connectivity index (χ2v) is 9.90. The molecule has 0 saturated carbocycles. The number of carbonyl (C=O) groups excluding carboxylic acids is 1. The lowest BCUT2D eigenvalue weighted by Gasteiger charge is -2.36. The van der Waals surface area contributed by atoms with Crippen LogP contribution < -0.4 is 5.32 Å². The number of amides is 1. The van der Waals surface area contributed by atoms with Crippen molar-refractivity contribution in [3.05, 3.63) is 59.7 Å². The molecule has 2 aromatic carbocycles. The molecule has 0 spiro atoms. The van der Waals surface area contributed by atoms with Gasteiger partial charge in [-0.25, -0.2) is 4.98 Å². The van der Waals surface area contributed by atoms with Crippen LogP contribution in [0.25, 0.3) is 10.2 Å².